The first-order valence-electron chi connectivity index (χ1n) is 12.3. The Labute approximate surface area is 210 Å². The molecule has 2 amide bonds. The van der Waals surface area contributed by atoms with Crippen LogP contribution in [-0.4, -0.2) is 77.7 Å². The number of nitrogens with zero attached hydrogens (tertiary/aromatic N) is 5. The molecule has 0 radical (unpaired) electrons. The molecule has 2 saturated heterocycles. The summed E-state index contributed by atoms with van der Waals surface area (Å²) in [7, 11) is 0. The number of fused-ring (bicyclic) bond motifs is 3. The van der Waals surface area contributed by atoms with Gasteiger partial charge in [0.05, 0.1) is 35.1 Å². The number of carbonyl (C=O) groups excluding carboxylic acids is 2. The van der Waals surface area contributed by atoms with E-state index in [4.69, 9.17) is 4.98 Å². The first-order chi connectivity index (χ1) is 17.7. The average molecular weight is 509 g/mol. The van der Waals surface area contributed by atoms with Crippen LogP contribution in [0.3, 0.4) is 0 Å². The van der Waals surface area contributed by atoms with E-state index in [1.807, 2.05) is 10.5 Å². The Kier molecular flexibility index (Phi) is 5.48. The van der Waals surface area contributed by atoms with Gasteiger partial charge >= 0.3 is 0 Å². The number of benzene rings is 1. The number of aromatic amines is 1. The average Bonchev–Trinajstić information content (AvgIpc) is 3.59. The Balaban J connectivity index is 1.39. The highest BCUT2D eigenvalue weighted by atomic mass is 19.3. The van der Waals surface area contributed by atoms with E-state index in [2.05, 4.69) is 9.97 Å². The van der Waals surface area contributed by atoms with Crippen molar-refractivity contribution in [3.8, 4) is 11.3 Å². The fraction of sp³-hybridized carbons (Fsp3) is 0.385. The van der Waals surface area contributed by atoms with Crippen molar-refractivity contribution in [2.75, 3.05) is 19.6 Å². The number of likely N-dealkylation sites (tertiary alicyclic amines) is 2. The summed E-state index contributed by atoms with van der Waals surface area (Å²) in [6.07, 6.45) is 2.56. The predicted molar refractivity (Wildman–Crippen MR) is 131 cm³/mol. The summed E-state index contributed by atoms with van der Waals surface area (Å²) < 4.78 is 29.0. The van der Waals surface area contributed by atoms with Crippen LogP contribution in [0.25, 0.3) is 27.9 Å². The van der Waals surface area contributed by atoms with Gasteiger partial charge in [-0.05, 0) is 18.2 Å². The van der Waals surface area contributed by atoms with Gasteiger partial charge < -0.3 is 19.9 Å². The molecule has 0 unspecified atom stereocenters. The minimum Gasteiger partial charge on any atom is -0.391 e. The van der Waals surface area contributed by atoms with Crippen LogP contribution in [-0.2, 0) is 4.79 Å². The Bertz CT molecular complexity index is 1500. The van der Waals surface area contributed by atoms with Crippen LogP contribution in [0.5, 0.6) is 0 Å². The summed E-state index contributed by atoms with van der Waals surface area (Å²) in [5, 5.41) is 10.3. The van der Waals surface area contributed by atoms with Crippen LogP contribution in [0.2, 0.25) is 0 Å². The maximum absolute atomic E-state index is 13.5. The number of rotatable bonds is 3. The number of piperidine rings is 1. The number of nitrogens with one attached hydrogen (secondary N) is 1. The van der Waals surface area contributed by atoms with Crippen LogP contribution in [0.4, 0.5) is 8.78 Å². The first-order valence-corrected chi connectivity index (χ1v) is 12.3. The van der Waals surface area contributed by atoms with Crippen molar-refractivity contribution in [2.24, 2.45) is 0 Å². The standard InChI is InChI=1S/C26H26F2N6O3/c1-15(35)33-14-18(36)12-20(33)24-31-22(21-13-30-23-19(34(21)24)6-9-29-23)16-2-4-17(5-3-16)25(37)32-10-7-26(27,28)8-11-32/h2-6,9,13,18,20,29,36H,7-8,10-12,14H2,1H3/t18-,20-/m1/s1. The van der Waals surface area contributed by atoms with Gasteiger partial charge in [0, 0.05) is 63.1 Å². The van der Waals surface area contributed by atoms with Gasteiger partial charge in [0.1, 0.15) is 5.82 Å². The minimum atomic E-state index is -2.72. The zero-order chi connectivity index (χ0) is 25.9. The molecule has 0 saturated carbocycles. The number of H-pyrrole nitrogens is 1. The molecule has 1 aromatic carbocycles. The molecule has 6 rings (SSSR count). The molecule has 5 heterocycles. The Morgan fingerprint density at radius 2 is 1.84 bits per heavy atom. The molecular formula is C26H26F2N6O3. The van der Waals surface area contributed by atoms with Gasteiger partial charge in [-0.25, -0.2) is 18.7 Å². The van der Waals surface area contributed by atoms with Crippen molar-refractivity contribution in [1.82, 2.24) is 29.2 Å². The van der Waals surface area contributed by atoms with Crippen LogP contribution in [0, 0.1) is 0 Å². The Morgan fingerprint density at radius 1 is 1.11 bits per heavy atom. The molecule has 11 heteroatoms. The molecule has 2 N–H and O–H groups in total. The second-order valence-corrected chi connectivity index (χ2v) is 9.81. The fourth-order valence-corrected chi connectivity index (χ4v) is 5.42. The number of aliphatic hydroxyl groups is 1. The molecule has 2 atom stereocenters. The van der Waals surface area contributed by atoms with E-state index in [1.54, 1.807) is 41.6 Å². The number of hydrogen-bond acceptors (Lipinski definition) is 5. The van der Waals surface area contributed by atoms with Gasteiger partial charge in [0.15, 0.2) is 5.65 Å². The third-order valence-corrected chi connectivity index (χ3v) is 7.37. The fourth-order valence-electron chi connectivity index (χ4n) is 5.42. The summed E-state index contributed by atoms with van der Waals surface area (Å²) >= 11 is 0. The summed E-state index contributed by atoms with van der Waals surface area (Å²) in [5.74, 6) is -2.51. The van der Waals surface area contributed by atoms with Crippen LogP contribution >= 0.6 is 0 Å². The van der Waals surface area contributed by atoms with Crippen molar-refractivity contribution in [1.29, 1.82) is 0 Å². The molecule has 4 aromatic rings. The van der Waals surface area contributed by atoms with Gasteiger partial charge in [0.25, 0.3) is 11.8 Å². The first kappa shape index (κ1) is 23.5. The lowest BCUT2D eigenvalue weighted by molar-refractivity contribution is -0.130. The summed E-state index contributed by atoms with van der Waals surface area (Å²) in [4.78, 5) is 40.9. The van der Waals surface area contributed by atoms with E-state index in [1.165, 1.54) is 11.8 Å². The van der Waals surface area contributed by atoms with Gasteiger partial charge in [-0.1, -0.05) is 12.1 Å². The van der Waals surface area contributed by atoms with E-state index >= 15 is 0 Å². The number of halogens is 2. The SMILES string of the molecule is CC(=O)N1C[C@H](O)C[C@@H]1c1nc(-c2ccc(C(=O)N3CCC(F)(F)CC3)cc2)c2cnc3[nH]ccc3n12. The molecule has 2 fully saturated rings. The summed E-state index contributed by atoms with van der Waals surface area (Å²) in [6, 6.07) is 8.40. The minimum absolute atomic E-state index is 0.0286. The molecule has 37 heavy (non-hydrogen) atoms. The third kappa shape index (κ3) is 4.03. The van der Waals surface area contributed by atoms with Gasteiger partial charge in [0.2, 0.25) is 5.91 Å². The molecule has 9 nitrogen and oxygen atoms in total. The summed E-state index contributed by atoms with van der Waals surface area (Å²) in [5.41, 5.74) is 3.99. The van der Waals surface area contributed by atoms with Gasteiger partial charge in [-0.2, -0.15) is 0 Å². The lowest BCUT2D eigenvalue weighted by atomic mass is 10.0. The Morgan fingerprint density at radius 3 is 2.54 bits per heavy atom. The second-order valence-electron chi connectivity index (χ2n) is 9.81. The highest BCUT2D eigenvalue weighted by molar-refractivity contribution is 5.95. The molecule has 192 valence electrons. The maximum atomic E-state index is 13.5. The quantitative estimate of drug-likeness (QED) is 0.441. The second kappa shape index (κ2) is 8.62. The molecular weight excluding hydrogens is 482 g/mol. The highest BCUT2D eigenvalue weighted by Gasteiger charge is 2.38. The number of aliphatic hydroxyl groups excluding tert-OH is 1. The van der Waals surface area contributed by atoms with Crippen LogP contribution in [0.15, 0.2) is 42.7 Å². The summed E-state index contributed by atoms with van der Waals surface area (Å²) in [6.45, 7) is 1.78. The number of imidazole rings is 1. The zero-order valence-corrected chi connectivity index (χ0v) is 20.2. The lowest BCUT2D eigenvalue weighted by Crippen LogP contribution is -2.42. The Hall–Kier alpha value is -3.86. The largest absolute Gasteiger partial charge is 0.391 e. The van der Waals surface area contributed by atoms with Crippen LogP contribution in [0.1, 0.15) is 48.4 Å². The molecule has 0 aliphatic carbocycles. The van der Waals surface area contributed by atoms with Crippen LogP contribution < -0.4 is 0 Å². The van der Waals surface area contributed by atoms with Crippen molar-refractivity contribution in [3.63, 3.8) is 0 Å². The number of alkyl halides is 2. The third-order valence-electron chi connectivity index (χ3n) is 7.37. The molecule has 0 spiro atoms. The topological polar surface area (TPSA) is 107 Å². The van der Waals surface area contributed by atoms with Crippen molar-refractivity contribution in [2.45, 2.75) is 44.3 Å². The highest BCUT2D eigenvalue weighted by Crippen LogP contribution is 2.37. The van der Waals surface area contributed by atoms with E-state index in [0.717, 1.165) is 16.6 Å². The normalized spacial score (nSPS) is 21.7. The number of aromatic nitrogens is 4. The molecule has 2 aliphatic rings. The monoisotopic (exact) mass is 508 g/mol. The van der Waals surface area contributed by atoms with Crippen molar-refractivity contribution >= 4 is 28.5 Å². The number of hydrogen-bond donors (Lipinski definition) is 2. The molecule has 2 aliphatic heterocycles. The van der Waals surface area contributed by atoms with Gasteiger partial charge in [-0.3, -0.25) is 14.0 Å². The van der Waals surface area contributed by atoms with Crippen molar-refractivity contribution < 1.29 is 23.5 Å². The van der Waals surface area contributed by atoms with Crippen molar-refractivity contribution in [3.05, 3.63) is 54.1 Å². The predicted octanol–water partition coefficient (Wildman–Crippen LogP) is 3.40. The van der Waals surface area contributed by atoms with Gasteiger partial charge in [-0.15, -0.1) is 0 Å². The lowest BCUT2D eigenvalue weighted by Gasteiger charge is -2.31. The molecule has 0 bridgehead atoms. The zero-order valence-electron chi connectivity index (χ0n) is 20.2. The van der Waals surface area contributed by atoms with E-state index < -0.39 is 18.1 Å². The number of amides is 2. The maximum Gasteiger partial charge on any atom is 0.253 e. The number of β-amino-alcohol motifs (C(OH)–C–C–N with tert-alkyl or cyclic N) is 1. The molecule has 3 aromatic heterocycles. The van der Waals surface area contributed by atoms with E-state index in [0.29, 0.717) is 29.1 Å². The van der Waals surface area contributed by atoms with E-state index in [-0.39, 0.29) is 44.3 Å². The number of carbonyl (C=O) groups is 2. The van der Waals surface area contributed by atoms with E-state index in [9.17, 15) is 23.5 Å². The smallest absolute Gasteiger partial charge is 0.253 e.